The van der Waals surface area contributed by atoms with E-state index in [1.807, 2.05) is 0 Å². The molecule has 3 aromatic rings. The van der Waals surface area contributed by atoms with Gasteiger partial charge in [-0.2, -0.15) is 5.10 Å². The lowest BCUT2D eigenvalue weighted by Gasteiger charge is -2.07. The molecule has 0 saturated heterocycles. The third kappa shape index (κ3) is 4.33. The van der Waals surface area contributed by atoms with Gasteiger partial charge in [-0.05, 0) is 25.1 Å². The zero-order chi connectivity index (χ0) is 21.8. The highest BCUT2D eigenvalue weighted by Gasteiger charge is 2.20. The van der Waals surface area contributed by atoms with E-state index in [9.17, 15) is 30.1 Å². The number of non-ortho nitro benzene ring substituents is 1. The predicted octanol–water partition coefficient (Wildman–Crippen LogP) is 3.59. The topological polar surface area (TPSA) is 157 Å². The van der Waals surface area contributed by atoms with Crippen LogP contribution < -0.4 is 10.2 Å². The van der Waals surface area contributed by atoms with Crippen LogP contribution in [0.1, 0.15) is 22.2 Å². The molecule has 0 spiro atoms. The zero-order valence-corrected chi connectivity index (χ0v) is 16.2. The van der Waals surface area contributed by atoms with Gasteiger partial charge in [-0.3, -0.25) is 25.0 Å². The number of hydrogen-bond acceptors (Lipinski definition) is 9. The van der Waals surface area contributed by atoms with Crippen molar-refractivity contribution in [2.75, 3.05) is 6.61 Å². The minimum absolute atomic E-state index is 0.0782. The number of carbonyl (C=O) groups excluding carboxylic acids is 1. The number of carbonyl (C=O) groups is 1. The van der Waals surface area contributed by atoms with Gasteiger partial charge >= 0.3 is 5.69 Å². The van der Waals surface area contributed by atoms with Crippen molar-refractivity contribution in [3.8, 4) is 11.5 Å². The predicted molar refractivity (Wildman–Crippen MR) is 109 cm³/mol. The van der Waals surface area contributed by atoms with Crippen LogP contribution in [0.25, 0.3) is 10.1 Å². The second-order valence-corrected chi connectivity index (χ2v) is 6.95. The lowest BCUT2D eigenvalue weighted by Crippen LogP contribution is -2.16. The van der Waals surface area contributed by atoms with E-state index in [-0.39, 0.29) is 28.5 Å². The van der Waals surface area contributed by atoms with Crippen LogP contribution in [0.3, 0.4) is 0 Å². The fourth-order valence-electron chi connectivity index (χ4n) is 2.57. The Bertz CT molecular complexity index is 1190. The van der Waals surface area contributed by atoms with Crippen LogP contribution in [-0.4, -0.2) is 33.7 Å². The first-order chi connectivity index (χ1) is 14.3. The number of aromatic hydroxyl groups is 1. The van der Waals surface area contributed by atoms with Crippen molar-refractivity contribution in [3.05, 3.63) is 67.1 Å². The van der Waals surface area contributed by atoms with Crippen molar-refractivity contribution in [3.63, 3.8) is 0 Å². The molecule has 154 valence electrons. The third-order valence-corrected chi connectivity index (χ3v) is 5.00. The first kappa shape index (κ1) is 20.7. The monoisotopic (exact) mass is 430 g/mol. The SMILES string of the molecule is CCOc1cc(/C=N\NC(=O)c2cc3cc([N+](=O)[O-])ccc3s2)cc([N+](=O)[O-])c1O. The second kappa shape index (κ2) is 8.53. The molecule has 30 heavy (non-hydrogen) atoms. The zero-order valence-electron chi connectivity index (χ0n) is 15.4. The maximum Gasteiger partial charge on any atom is 0.315 e. The molecule has 0 fully saturated rings. The van der Waals surface area contributed by atoms with Gasteiger partial charge in [0.15, 0.2) is 5.75 Å². The number of phenolic OH excluding ortho intramolecular Hbond substituents is 1. The number of thiophene rings is 1. The van der Waals surface area contributed by atoms with Gasteiger partial charge in [0.05, 0.1) is 27.5 Å². The molecule has 0 atom stereocenters. The fourth-order valence-corrected chi connectivity index (χ4v) is 3.50. The number of fused-ring (bicyclic) bond motifs is 1. The van der Waals surface area contributed by atoms with Crippen molar-refractivity contribution in [2.45, 2.75) is 6.92 Å². The second-order valence-electron chi connectivity index (χ2n) is 5.87. The minimum Gasteiger partial charge on any atom is -0.500 e. The molecule has 0 radical (unpaired) electrons. The van der Waals surface area contributed by atoms with Gasteiger partial charge in [-0.25, -0.2) is 5.43 Å². The van der Waals surface area contributed by atoms with Gasteiger partial charge in [0.2, 0.25) is 5.75 Å². The summed E-state index contributed by atoms with van der Waals surface area (Å²) in [4.78, 5) is 33.2. The van der Waals surface area contributed by atoms with Gasteiger partial charge in [0, 0.05) is 33.8 Å². The van der Waals surface area contributed by atoms with Crippen molar-refractivity contribution < 1.29 is 24.5 Å². The van der Waals surface area contributed by atoms with Crippen LogP contribution in [0.15, 0.2) is 41.5 Å². The Morgan fingerprint density at radius 3 is 2.67 bits per heavy atom. The normalized spacial score (nSPS) is 11.0. The van der Waals surface area contributed by atoms with Crippen molar-refractivity contribution in [1.82, 2.24) is 5.43 Å². The van der Waals surface area contributed by atoms with E-state index in [2.05, 4.69) is 10.5 Å². The first-order valence-electron chi connectivity index (χ1n) is 8.45. The van der Waals surface area contributed by atoms with Gasteiger partial charge in [-0.1, -0.05) is 0 Å². The highest BCUT2D eigenvalue weighted by molar-refractivity contribution is 7.20. The minimum atomic E-state index is -0.760. The highest BCUT2D eigenvalue weighted by atomic mass is 32.1. The number of hydrogen-bond donors (Lipinski definition) is 2. The Hall–Kier alpha value is -4.06. The summed E-state index contributed by atoms with van der Waals surface area (Å²) in [5, 5.41) is 36.2. The Morgan fingerprint density at radius 2 is 2.00 bits per heavy atom. The average molecular weight is 430 g/mol. The maximum absolute atomic E-state index is 12.3. The quantitative estimate of drug-likeness (QED) is 0.329. The van der Waals surface area contributed by atoms with Crippen LogP contribution in [-0.2, 0) is 0 Å². The molecule has 1 heterocycles. The standard InChI is InChI=1S/C18H14N4O7S/c1-2-29-14-6-10(5-13(17(14)23)22(27)28)9-19-20-18(24)16-8-11-7-12(21(25)26)3-4-15(11)30-16/h3-9,23H,2H2,1H3,(H,20,24)/b19-9-. The molecule has 0 aliphatic carbocycles. The largest absolute Gasteiger partial charge is 0.500 e. The molecule has 2 N–H and O–H groups in total. The summed E-state index contributed by atoms with van der Waals surface area (Å²) in [6.45, 7) is 1.85. The molecule has 0 bridgehead atoms. The Morgan fingerprint density at radius 1 is 1.23 bits per heavy atom. The summed E-state index contributed by atoms with van der Waals surface area (Å²) in [5.41, 5.74) is 1.89. The summed E-state index contributed by atoms with van der Waals surface area (Å²) < 4.78 is 5.87. The van der Waals surface area contributed by atoms with Crippen LogP contribution in [0.4, 0.5) is 11.4 Å². The number of nitro benzene ring substituents is 2. The van der Waals surface area contributed by atoms with E-state index in [0.717, 1.165) is 17.4 Å². The molecule has 1 aromatic heterocycles. The number of nitrogens with one attached hydrogen (secondary N) is 1. The number of nitro groups is 2. The maximum atomic E-state index is 12.3. The lowest BCUT2D eigenvalue weighted by molar-refractivity contribution is -0.386. The molecule has 0 saturated carbocycles. The Balaban J connectivity index is 1.79. The number of ether oxygens (including phenoxy) is 1. The number of phenols is 1. The Kier molecular flexibility index (Phi) is 5.88. The summed E-state index contributed by atoms with van der Waals surface area (Å²) in [6, 6.07) is 8.23. The number of hydrazone groups is 1. The van der Waals surface area contributed by atoms with E-state index < -0.39 is 27.2 Å². The van der Waals surface area contributed by atoms with Crippen molar-refractivity contribution >= 4 is 44.9 Å². The Labute approximate surface area is 172 Å². The molecule has 12 heteroatoms. The summed E-state index contributed by atoms with van der Waals surface area (Å²) in [6.07, 6.45) is 1.17. The van der Waals surface area contributed by atoms with Gasteiger partial charge in [0.1, 0.15) is 0 Å². The van der Waals surface area contributed by atoms with Crippen molar-refractivity contribution in [1.29, 1.82) is 0 Å². The van der Waals surface area contributed by atoms with E-state index in [1.165, 1.54) is 30.5 Å². The molecule has 0 aliphatic heterocycles. The smallest absolute Gasteiger partial charge is 0.315 e. The molecular formula is C18H14N4O7S. The number of nitrogens with zero attached hydrogens (tertiary/aromatic N) is 3. The van der Waals surface area contributed by atoms with Crippen LogP contribution in [0, 0.1) is 20.2 Å². The summed E-state index contributed by atoms with van der Waals surface area (Å²) >= 11 is 1.14. The van der Waals surface area contributed by atoms with Crippen LogP contribution in [0.2, 0.25) is 0 Å². The van der Waals surface area contributed by atoms with Crippen molar-refractivity contribution in [2.24, 2.45) is 5.10 Å². The van der Waals surface area contributed by atoms with E-state index in [1.54, 1.807) is 13.0 Å². The molecule has 0 aliphatic rings. The summed E-state index contributed by atoms with van der Waals surface area (Å²) in [5.74, 6) is -1.22. The molecule has 3 rings (SSSR count). The molecule has 11 nitrogen and oxygen atoms in total. The van der Waals surface area contributed by atoms with E-state index in [0.29, 0.717) is 10.1 Å². The molecule has 0 unspecified atom stereocenters. The van der Waals surface area contributed by atoms with Gasteiger partial charge < -0.3 is 9.84 Å². The van der Waals surface area contributed by atoms with E-state index >= 15 is 0 Å². The van der Waals surface area contributed by atoms with Crippen LogP contribution in [0.5, 0.6) is 11.5 Å². The highest BCUT2D eigenvalue weighted by Crippen LogP contribution is 2.36. The molecule has 2 aromatic carbocycles. The van der Waals surface area contributed by atoms with Gasteiger partial charge in [0.25, 0.3) is 11.6 Å². The number of benzene rings is 2. The summed E-state index contributed by atoms with van der Waals surface area (Å²) in [7, 11) is 0. The van der Waals surface area contributed by atoms with E-state index in [4.69, 9.17) is 4.74 Å². The third-order valence-electron chi connectivity index (χ3n) is 3.89. The molecule has 1 amide bonds. The molecular weight excluding hydrogens is 416 g/mol. The fraction of sp³-hybridized carbons (Fsp3) is 0.111. The lowest BCUT2D eigenvalue weighted by atomic mass is 10.2. The first-order valence-corrected chi connectivity index (χ1v) is 9.27. The average Bonchev–Trinajstić information content (AvgIpc) is 3.13. The van der Waals surface area contributed by atoms with Crippen LogP contribution >= 0.6 is 11.3 Å². The number of rotatable bonds is 7. The number of amides is 1. The van der Waals surface area contributed by atoms with Gasteiger partial charge in [-0.15, -0.1) is 11.3 Å².